The summed E-state index contributed by atoms with van der Waals surface area (Å²) in [4.78, 5) is 0. The van der Waals surface area contributed by atoms with Gasteiger partial charge in [0.05, 0.1) is 11.6 Å². The van der Waals surface area contributed by atoms with Crippen LogP contribution >= 0.6 is 0 Å². The lowest BCUT2D eigenvalue weighted by molar-refractivity contribution is 0.475. The third-order valence-corrected chi connectivity index (χ3v) is 3.41. The van der Waals surface area contributed by atoms with Crippen molar-refractivity contribution in [3.05, 3.63) is 84.2 Å². The second-order valence-corrected chi connectivity index (χ2v) is 4.86. The van der Waals surface area contributed by atoms with Crippen molar-refractivity contribution in [3.8, 4) is 17.5 Å². The van der Waals surface area contributed by atoms with Gasteiger partial charge in [0.1, 0.15) is 5.75 Å². The van der Waals surface area contributed by atoms with Crippen LogP contribution in [-0.4, -0.2) is 9.67 Å². The smallest absolute Gasteiger partial charge is 0.115 e. The van der Waals surface area contributed by atoms with Crippen molar-refractivity contribution in [2.75, 3.05) is 0 Å². The fourth-order valence-electron chi connectivity index (χ4n) is 2.31. The van der Waals surface area contributed by atoms with E-state index in [-0.39, 0.29) is 5.75 Å². The van der Waals surface area contributed by atoms with Crippen molar-refractivity contribution >= 4 is 11.6 Å². The predicted octanol–water partition coefficient (Wildman–Crippen LogP) is 4.25. The number of aromatic hydroxyl groups is 1. The van der Waals surface area contributed by atoms with Gasteiger partial charge in [0.2, 0.25) is 0 Å². The van der Waals surface area contributed by atoms with E-state index in [1.54, 1.807) is 12.1 Å². The molecule has 0 saturated heterocycles. The van der Waals surface area contributed by atoms with Crippen LogP contribution in [0.15, 0.2) is 72.9 Å². The lowest BCUT2D eigenvalue weighted by Crippen LogP contribution is -1.94. The second kappa shape index (κ2) is 6.02. The number of aromatic nitrogens is 1. The summed E-state index contributed by atoms with van der Waals surface area (Å²) in [7, 11) is 0. The molecule has 0 radical (unpaired) electrons. The lowest BCUT2D eigenvalue weighted by Gasteiger charge is -2.07. The van der Waals surface area contributed by atoms with E-state index in [0.717, 1.165) is 16.9 Å². The Hall–Kier alpha value is -3.25. The molecular formula is C19H14N2O. The van der Waals surface area contributed by atoms with Crippen LogP contribution in [-0.2, 0) is 0 Å². The number of benzene rings is 2. The Labute approximate surface area is 129 Å². The predicted molar refractivity (Wildman–Crippen MR) is 87.4 cm³/mol. The van der Waals surface area contributed by atoms with Crippen LogP contribution in [0.4, 0.5) is 0 Å². The first-order valence-electron chi connectivity index (χ1n) is 6.92. The van der Waals surface area contributed by atoms with E-state index in [0.29, 0.717) is 5.57 Å². The van der Waals surface area contributed by atoms with Gasteiger partial charge in [-0.1, -0.05) is 30.3 Å². The van der Waals surface area contributed by atoms with Gasteiger partial charge in [0.15, 0.2) is 0 Å². The number of phenols is 1. The molecule has 0 aliphatic rings. The van der Waals surface area contributed by atoms with E-state index in [4.69, 9.17) is 0 Å². The zero-order valence-electron chi connectivity index (χ0n) is 11.8. The maximum Gasteiger partial charge on any atom is 0.115 e. The van der Waals surface area contributed by atoms with E-state index < -0.39 is 0 Å². The van der Waals surface area contributed by atoms with Gasteiger partial charge in [0.25, 0.3) is 0 Å². The summed E-state index contributed by atoms with van der Waals surface area (Å²) < 4.78 is 1.97. The Morgan fingerprint density at radius 2 is 1.68 bits per heavy atom. The molecule has 0 aliphatic heterocycles. The average Bonchev–Trinajstić information content (AvgIpc) is 3.02. The molecule has 3 heteroatoms. The molecule has 1 aromatic heterocycles. The summed E-state index contributed by atoms with van der Waals surface area (Å²) in [5.41, 5.74) is 3.34. The van der Waals surface area contributed by atoms with Crippen LogP contribution in [0.1, 0.15) is 11.3 Å². The van der Waals surface area contributed by atoms with Crippen molar-refractivity contribution in [1.29, 1.82) is 5.26 Å². The standard InChI is InChI=1S/C19H14N2O/c20-14-16(15-5-2-1-3-6-15)13-18-7-4-12-21(18)17-8-10-19(22)11-9-17/h1-13,22H. The molecule has 0 spiro atoms. The Morgan fingerprint density at radius 1 is 0.955 bits per heavy atom. The third kappa shape index (κ3) is 2.77. The van der Waals surface area contributed by atoms with E-state index in [1.807, 2.05) is 71.4 Å². The molecule has 0 fully saturated rings. The summed E-state index contributed by atoms with van der Waals surface area (Å²) in [6.07, 6.45) is 3.79. The lowest BCUT2D eigenvalue weighted by atomic mass is 10.1. The number of hydrogen-bond acceptors (Lipinski definition) is 2. The molecular weight excluding hydrogens is 272 g/mol. The molecule has 0 atom stereocenters. The van der Waals surface area contributed by atoms with Gasteiger partial charge in [-0.15, -0.1) is 0 Å². The maximum atomic E-state index is 9.42. The van der Waals surface area contributed by atoms with E-state index in [1.165, 1.54) is 0 Å². The molecule has 0 saturated carbocycles. The third-order valence-electron chi connectivity index (χ3n) is 3.41. The zero-order chi connectivity index (χ0) is 15.4. The SMILES string of the molecule is N#CC(=Cc1cccn1-c1ccc(O)cc1)c1ccccc1. The number of allylic oxidation sites excluding steroid dienone is 1. The summed E-state index contributed by atoms with van der Waals surface area (Å²) in [5, 5.41) is 18.8. The topological polar surface area (TPSA) is 49.0 Å². The molecule has 1 N–H and O–H groups in total. The van der Waals surface area contributed by atoms with Crippen LogP contribution in [0.5, 0.6) is 5.75 Å². The summed E-state index contributed by atoms with van der Waals surface area (Å²) >= 11 is 0. The highest BCUT2D eigenvalue weighted by molar-refractivity contribution is 5.89. The number of hydrogen-bond donors (Lipinski definition) is 1. The minimum absolute atomic E-state index is 0.231. The fourth-order valence-corrected chi connectivity index (χ4v) is 2.31. The van der Waals surface area contributed by atoms with Gasteiger partial charge in [-0.2, -0.15) is 5.26 Å². The highest BCUT2D eigenvalue weighted by Crippen LogP contribution is 2.21. The van der Waals surface area contributed by atoms with Crippen LogP contribution in [0.2, 0.25) is 0 Å². The minimum Gasteiger partial charge on any atom is -0.508 e. The van der Waals surface area contributed by atoms with Gasteiger partial charge in [-0.05, 0) is 48.0 Å². The fraction of sp³-hybridized carbons (Fsp3) is 0. The van der Waals surface area contributed by atoms with Crippen molar-refractivity contribution < 1.29 is 5.11 Å². The number of rotatable bonds is 3. The summed E-state index contributed by atoms with van der Waals surface area (Å²) in [5.74, 6) is 0.231. The van der Waals surface area contributed by atoms with Gasteiger partial charge in [-0.3, -0.25) is 0 Å². The van der Waals surface area contributed by atoms with E-state index in [2.05, 4.69) is 6.07 Å². The molecule has 1 heterocycles. The van der Waals surface area contributed by atoms with Crippen molar-refractivity contribution in [3.63, 3.8) is 0 Å². The molecule has 3 aromatic rings. The number of nitriles is 1. The highest BCUT2D eigenvalue weighted by Gasteiger charge is 2.05. The Kier molecular flexibility index (Phi) is 3.76. The number of nitrogens with zero attached hydrogens (tertiary/aromatic N) is 2. The Morgan fingerprint density at radius 3 is 2.36 bits per heavy atom. The zero-order valence-corrected chi connectivity index (χ0v) is 11.8. The molecule has 0 unspecified atom stereocenters. The monoisotopic (exact) mass is 286 g/mol. The molecule has 0 aliphatic carbocycles. The van der Waals surface area contributed by atoms with Crippen molar-refractivity contribution in [1.82, 2.24) is 4.57 Å². The van der Waals surface area contributed by atoms with Gasteiger partial charge in [-0.25, -0.2) is 0 Å². The highest BCUT2D eigenvalue weighted by atomic mass is 16.3. The minimum atomic E-state index is 0.231. The Balaban J connectivity index is 2.03. The second-order valence-electron chi connectivity index (χ2n) is 4.86. The molecule has 0 bridgehead atoms. The van der Waals surface area contributed by atoms with Crippen molar-refractivity contribution in [2.45, 2.75) is 0 Å². The molecule has 106 valence electrons. The van der Waals surface area contributed by atoms with Gasteiger partial charge >= 0.3 is 0 Å². The molecule has 22 heavy (non-hydrogen) atoms. The van der Waals surface area contributed by atoms with Crippen LogP contribution in [0, 0.1) is 11.3 Å². The first-order valence-corrected chi connectivity index (χ1v) is 6.92. The number of phenolic OH excluding ortho intramolecular Hbond substituents is 1. The van der Waals surface area contributed by atoms with Gasteiger partial charge in [0, 0.05) is 17.6 Å². The average molecular weight is 286 g/mol. The molecule has 3 rings (SSSR count). The first kappa shape index (κ1) is 13.7. The van der Waals surface area contributed by atoms with Gasteiger partial charge < -0.3 is 9.67 Å². The normalized spacial score (nSPS) is 11.1. The van der Waals surface area contributed by atoms with E-state index >= 15 is 0 Å². The van der Waals surface area contributed by atoms with Crippen LogP contribution < -0.4 is 0 Å². The molecule has 3 nitrogen and oxygen atoms in total. The quantitative estimate of drug-likeness (QED) is 0.732. The van der Waals surface area contributed by atoms with E-state index in [9.17, 15) is 10.4 Å². The van der Waals surface area contributed by atoms with Crippen LogP contribution in [0.3, 0.4) is 0 Å². The largest absolute Gasteiger partial charge is 0.508 e. The maximum absolute atomic E-state index is 9.42. The summed E-state index contributed by atoms with van der Waals surface area (Å²) in [6.45, 7) is 0. The molecule has 2 aromatic carbocycles. The Bertz CT molecular complexity index is 837. The van der Waals surface area contributed by atoms with Crippen LogP contribution in [0.25, 0.3) is 17.3 Å². The first-order chi connectivity index (χ1) is 10.8. The molecule has 0 amide bonds. The summed E-state index contributed by atoms with van der Waals surface area (Å²) in [6, 6.07) is 22.7. The van der Waals surface area contributed by atoms with Crippen molar-refractivity contribution in [2.24, 2.45) is 0 Å².